The number of hydrogen-bond acceptors (Lipinski definition) is 6. The maximum Gasteiger partial charge on any atom is 0.274 e. The zero-order valence-corrected chi connectivity index (χ0v) is 16.2. The van der Waals surface area contributed by atoms with E-state index in [1.165, 1.54) is 21.9 Å². The molecule has 1 aliphatic heterocycles. The molecule has 1 aromatic carbocycles. The zero-order chi connectivity index (χ0) is 19.7. The molecule has 0 atom stereocenters. The Labute approximate surface area is 164 Å². The van der Waals surface area contributed by atoms with E-state index in [0.717, 1.165) is 37.1 Å². The number of anilines is 1. The van der Waals surface area contributed by atoms with Gasteiger partial charge in [0, 0.05) is 31.3 Å². The molecule has 4 rings (SSSR count). The average molecular weight is 401 g/mol. The number of nitrogens with zero attached hydrogens (tertiary/aromatic N) is 4. The van der Waals surface area contributed by atoms with Crippen LogP contribution >= 0.6 is 11.3 Å². The molecule has 0 aliphatic carbocycles. The van der Waals surface area contributed by atoms with Gasteiger partial charge >= 0.3 is 0 Å². The van der Waals surface area contributed by atoms with Gasteiger partial charge in [0.1, 0.15) is 11.5 Å². The van der Waals surface area contributed by atoms with Crippen LogP contribution in [0.2, 0.25) is 0 Å². The molecular weight excluding hydrogens is 381 g/mol. The minimum absolute atomic E-state index is 0.0189. The number of benzene rings is 1. The van der Waals surface area contributed by atoms with Crippen molar-refractivity contribution in [1.82, 2.24) is 19.9 Å². The van der Waals surface area contributed by atoms with Crippen LogP contribution in [-0.2, 0) is 6.54 Å². The molecule has 0 bridgehead atoms. The van der Waals surface area contributed by atoms with Gasteiger partial charge in [-0.15, -0.1) is 5.10 Å². The summed E-state index contributed by atoms with van der Waals surface area (Å²) in [5.74, 6) is -0.207. The highest BCUT2D eigenvalue weighted by atomic mass is 32.1. The number of carbonyl (C=O) groups excluding carboxylic acids is 1. The third-order valence-corrected chi connectivity index (χ3v) is 5.90. The number of hydrogen-bond donors (Lipinski definition) is 1. The van der Waals surface area contributed by atoms with E-state index in [-0.39, 0.29) is 12.2 Å². The molecular formula is C19H20FN5O2S. The Kier molecular flexibility index (Phi) is 5.08. The quantitative estimate of drug-likeness (QED) is 0.727. The number of rotatable bonds is 4. The van der Waals surface area contributed by atoms with E-state index in [9.17, 15) is 14.0 Å². The third-order valence-electron chi connectivity index (χ3n) is 4.93. The summed E-state index contributed by atoms with van der Waals surface area (Å²) in [6.07, 6.45) is 2.16. The molecule has 1 aliphatic rings. The fourth-order valence-electron chi connectivity index (χ4n) is 3.20. The van der Waals surface area contributed by atoms with Crippen molar-refractivity contribution in [2.75, 3.05) is 18.0 Å². The Morgan fingerprint density at radius 1 is 1.32 bits per heavy atom. The van der Waals surface area contributed by atoms with Crippen molar-refractivity contribution >= 4 is 27.3 Å². The van der Waals surface area contributed by atoms with E-state index in [1.807, 2.05) is 0 Å². The predicted molar refractivity (Wildman–Crippen MR) is 105 cm³/mol. The van der Waals surface area contributed by atoms with E-state index in [1.54, 1.807) is 18.2 Å². The molecule has 2 aromatic heterocycles. The average Bonchev–Trinajstić information content (AvgIpc) is 3.10. The summed E-state index contributed by atoms with van der Waals surface area (Å²) in [5.41, 5.74) is -0.0346. The lowest BCUT2D eigenvalue weighted by atomic mass is 10.00. The second kappa shape index (κ2) is 7.67. The molecule has 1 saturated heterocycles. The molecule has 28 heavy (non-hydrogen) atoms. The Bertz CT molecular complexity index is 1070. The number of piperidine rings is 1. The highest BCUT2D eigenvalue weighted by molar-refractivity contribution is 7.20. The van der Waals surface area contributed by atoms with E-state index in [0.29, 0.717) is 16.4 Å². The molecule has 0 spiro atoms. The lowest BCUT2D eigenvalue weighted by Crippen LogP contribution is -2.33. The number of amides is 1. The summed E-state index contributed by atoms with van der Waals surface area (Å²) >= 11 is 1.29. The van der Waals surface area contributed by atoms with Gasteiger partial charge in [-0.1, -0.05) is 36.5 Å². The number of aromatic nitrogens is 3. The van der Waals surface area contributed by atoms with Crippen LogP contribution in [0, 0.1) is 11.7 Å². The topological polar surface area (TPSA) is 79.6 Å². The van der Waals surface area contributed by atoms with Crippen LogP contribution in [0.3, 0.4) is 0 Å². The number of carbonyl (C=O) groups is 1. The minimum Gasteiger partial charge on any atom is -0.347 e. The van der Waals surface area contributed by atoms with Crippen molar-refractivity contribution in [2.45, 2.75) is 26.3 Å². The summed E-state index contributed by atoms with van der Waals surface area (Å²) < 4.78 is 15.2. The minimum atomic E-state index is -0.501. The molecule has 3 aromatic rings. The molecule has 7 nitrogen and oxygen atoms in total. The van der Waals surface area contributed by atoms with Gasteiger partial charge in [-0.25, -0.2) is 4.39 Å². The van der Waals surface area contributed by atoms with Crippen LogP contribution in [0.15, 0.2) is 35.1 Å². The summed E-state index contributed by atoms with van der Waals surface area (Å²) in [7, 11) is 0. The van der Waals surface area contributed by atoms with Crippen LogP contribution < -0.4 is 15.8 Å². The first kappa shape index (κ1) is 18.5. The molecule has 1 N–H and O–H groups in total. The summed E-state index contributed by atoms with van der Waals surface area (Å²) in [4.78, 5) is 31.1. The van der Waals surface area contributed by atoms with Gasteiger partial charge in [-0.3, -0.25) is 9.59 Å². The maximum absolute atomic E-state index is 13.8. The van der Waals surface area contributed by atoms with Gasteiger partial charge in [-0.2, -0.15) is 9.50 Å². The number of fused-ring (bicyclic) bond motifs is 1. The zero-order valence-electron chi connectivity index (χ0n) is 15.4. The van der Waals surface area contributed by atoms with Gasteiger partial charge in [0.2, 0.25) is 10.1 Å². The molecule has 9 heteroatoms. The fraction of sp³-hybridized carbons (Fsp3) is 0.368. The largest absolute Gasteiger partial charge is 0.347 e. The Hall–Kier alpha value is -2.81. The van der Waals surface area contributed by atoms with Crippen molar-refractivity contribution < 1.29 is 9.18 Å². The monoisotopic (exact) mass is 401 g/mol. The molecule has 0 unspecified atom stereocenters. The SMILES string of the molecule is CC1CCN(c2nn3c(C(=O)NCc4ccccc4F)cc(=O)nc3s2)CC1. The predicted octanol–water partition coefficient (Wildman–Crippen LogP) is 2.46. The fourth-order valence-corrected chi connectivity index (χ4v) is 4.16. The molecule has 3 heterocycles. The number of nitrogens with one attached hydrogen (secondary N) is 1. The maximum atomic E-state index is 13.8. The van der Waals surface area contributed by atoms with Crippen LogP contribution in [0.1, 0.15) is 35.8 Å². The molecule has 146 valence electrons. The van der Waals surface area contributed by atoms with Crippen molar-refractivity contribution in [2.24, 2.45) is 5.92 Å². The smallest absolute Gasteiger partial charge is 0.274 e. The first-order chi connectivity index (χ1) is 13.5. The molecule has 1 amide bonds. The van der Waals surface area contributed by atoms with E-state index < -0.39 is 17.3 Å². The van der Waals surface area contributed by atoms with Crippen LogP contribution in [0.5, 0.6) is 0 Å². The summed E-state index contributed by atoms with van der Waals surface area (Å²) in [6.45, 7) is 4.03. The van der Waals surface area contributed by atoms with Crippen molar-refractivity contribution in [3.63, 3.8) is 0 Å². The van der Waals surface area contributed by atoms with Gasteiger partial charge < -0.3 is 10.2 Å². The highest BCUT2D eigenvalue weighted by Gasteiger charge is 2.22. The molecule has 0 radical (unpaired) electrons. The molecule has 0 saturated carbocycles. The Morgan fingerprint density at radius 2 is 2.07 bits per heavy atom. The third kappa shape index (κ3) is 3.75. The van der Waals surface area contributed by atoms with Gasteiger partial charge in [-0.05, 0) is 24.8 Å². The van der Waals surface area contributed by atoms with Gasteiger partial charge in [0.05, 0.1) is 0 Å². The first-order valence-electron chi connectivity index (χ1n) is 9.19. The van der Waals surface area contributed by atoms with Crippen molar-refractivity contribution in [3.05, 3.63) is 57.8 Å². The number of halogens is 1. The lowest BCUT2D eigenvalue weighted by Gasteiger charge is -2.29. The second-order valence-electron chi connectivity index (χ2n) is 7.00. The van der Waals surface area contributed by atoms with E-state index in [2.05, 4.69) is 27.2 Å². The van der Waals surface area contributed by atoms with E-state index in [4.69, 9.17) is 0 Å². The highest BCUT2D eigenvalue weighted by Crippen LogP contribution is 2.27. The van der Waals surface area contributed by atoms with Crippen LogP contribution in [0.25, 0.3) is 4.96 Å². The standard InChI is InChI=1S/C19H20FN5O2S/c1-12-6-8-24(9-7-12)19-23-25-15(10-16(26)22-18(25)28-19)17(27)21-11-13-4-2-3-5-14(13)20/h2-5,10,12H,6-9,11H2,1H3,(H,21,27). The summed E-state index contributed by atoms with van der Waals surface area (Å²) in [5, 5.41) is 7.92. The second-order valence-corrected chi connectivity index (χ2v) is 7.94. The van der Waals surface area contributed by atoms with E-state index >= 15 is 0 Å². The summed E-state index contributed by atoms with van der Waals surface area (Å²) in [6, 6.07) is 7.38. The van der Waals surface area contributed by atoms with Crippen LogP contribution in [0.4, 0.5) is 9.52 Å². The molecule has 1 fully saturated rings. The van der Waals surface area contributed by atoms with Crippen molar-refractivity contribution in [3.8, 4) is 0 Å². The van der Waals surface area contributed by atoms with Gasteiger partial charge in [0.15, 0.2) is 0 Å². The van der Waals surface area contributed by atoms with Crippen LogP contribution in [-0.4, -0.2) is 33.6 Å². The van der Waals surface area contributed by atoms with Crippen molar-refractivity contribution in [1.29, 1.82) is 0 Å². The van der Waals surface area contributed by atoms with Gasteiger partial charge in [0.25, 0.3) is 11.5 Å². The normalized spacial score (nSPS) is 15.1. The Morgan fingerprint density at radius 3 is 2.82 bits per heavy atom. The lowest BCUT2D eigenvalue weighted by molar-refractivity contribution is 0.0943. The Balaban J connectivity index is 1.60. The first-order valence-corrected chi connectivity index (χ1v) is 10.0.